The monoisotopic (exact) mass is 340 g/mol. The van der Waals surface area contributed by atoms with Gasteiger partial charge in [-0.15, -0.1) is 11.6 Å². The van der Waals surface area contributed by atoms with Gasteiger partial charge in [0.1, 0.15) is 15.6 Å². The first-order valence-electron chi connectivity index (χ1n) is 4.90. The third kappa shape index (κ3) is 4.16. The number of sulfone groups is 1. The Kier molecular flexibility index (Phi) is 4.86. The van der Waals surface area contributed by atoms with Crippen LogP contribution in [0.25, 0.3) is 0 Å². The lowest BCUT2D eigenvalue weighted by atomic mass is 10.1. The zero-order valence-corrected chi connectivity index (χ0v) is 13.0. The molecule has 96 valence electrons. The number of hydrogen-bond acceptors (Lipinski definition) is 3. The molecular formula is C11H14BrClO3S. The highest BCUT2D eigenvalue weighted by molar-refractivity contribution is 9.10. The Balaban J connectivity index is 3.16. The predicted molar refractivity (Wildman–Crippen MR) is 73.7 cm³/mol. The summed E-state index contributed by atoms with van der Waals surface area (Å²) in [5.41, 5.74) is 1.69. The molecule has 0 aliphatic rings. The van der Waals surface area contributed by atoms with E-state index in [1.165, 1.54) is 7.11 Å². The SMILES string of the molecule is COc1cc(C)c(Br)cc1C(Cl)CS(C)(=O)=O. The molecule has 0 radical (unpaired) electrons. The van der Waals surface area contributed by atoms with Crippen molar-refractivity contribution in [2.75, 3.05) is 19.1 Å². The van der Waals surface area contributed by atoms with Gasteiger partial charge in [0.2, 0.25) is 0 Å². The second-order valence-corrected chi connectivity index (χ2v) is 7.47. The molecule has 1 atom stereocenters. The van der Waals surface area contributed by atoms with E-state index < -0.39 is 15.2 Å². The van der Waals surface area contributed by atoms with Gasteiger partial charge in [0.15, 0.2) is 0 Å². The minimum Gasteiger partial charge on any atom is -0.496 e. The van der Waals surface area contributed by atoms with Gasteiger partial charge < -0.3 is 4.74 Å². The zero-order valence-electron chi connectivity index (χ0n) is 9.83. The van der Waals surface area contributed by atoms with Crippen molar-refractivity contribution in [3.63, 3.8) is 0 Å². The van der Waals surface area contributed by atoms with E-state index in [-0.39, 0.29) is 5.75 Å². The van der Waals surface area contributed by atoms with Crippen LogP contribution in [0.5, 0.6) is 5.75 Å². The Morgan fingerprint density at radius 1 is 1.47 bits per heavy atom. The number of ether oxygens (including phenoxy) is 1. The van der Waals surface area contributed by atoms with Gasteiger partial charge in [-0.1, -0.05) is 15.9 Å². The largest absolute Gasteiger partial charge is 0.496 e. The van der Waals surface area contributed by atoms with Crippen molar-refractivity contribution < 1.29 is 13.2 Å². The Labute approximate surface area is 115 Å². The van der Waals surface area contributed by atoms with Crippen LogP contribution in [-0.4, -0.2) is 27.5 Å². The van der Waals surface area contributed by atoms with Gasteiger partial charge in [0, 0.05) is 16.3 Å². The lowest BCUT2D eigenvalue weighted by Gasteiger charge is -2.15. The Hall–Kier alpha value is -0.260. The highest BCUT2D eigenvalue weighted by atomic mass is 79.9. The van der Waals surface area contributed by atoms with Crippen LogP contribution in [0.15, 0.2) is 16.6 Å². The molecule has 0 amide bonds. The van der Waals surface area contributed by atoms with E-state index in [4.69, 9.17) is 16.3 Å². The molecule has 0 spiro atoms. The third-order valence-electron chi connectivity index (χ3n) is 2.30. The normalized spacial score (nSPS) is 13.5. The summed E-state index contributed by atoms with van der Waals surface area (Å²) in [5, 5.41) is -0.614. The van der Waals surface area contributed by atoms with Gasteiger partial charge >= 0.3 is 0 Å². The van der Waals surface area contributed by atoms with Gasteiger partial charge in [0.05, 0.1) is 18.2 Å². The van der Waals surface area contributed by atoms with Crippen molar-refractivity contribution in [1.82, 2.24) is 0 Å². The Morgan fingerprint density at radius 3 is 2.53 bits per heavy atom. The average Bonchev–Trinajstić information content (AvgIpc) is 2.18. The molecule has 0 saturated heterocycles. The molecule has 0 aromatic heterocycles. The summed E-state index contributed by atoms with van der Waals surface area (Å²) in [6.07, 6.45) is 1.16. The lowest BCUT2D eigenvalue weighted by molar-refractivity contribution is 0.409. The molecule has 0 heterocycles. The van der Waals surface area contributed by atoms with E-state index in [0.29, 0.717) is 11.3 Å². The lowest BCUT2D eigenvalue weighted by Crippen LogP contribution is -2.10. The maximum absolute atomic E-state index is 11.2. The van der Waals surface area contributed by atoms with Crippen molar-refractivity contribution in [3.8, 4) is 5.75 Å². The van der Waals surface area contributed by atoms with Crippen LogP contribution < -0.4 is 4.74 Å². The summed E-state index contributed by atoms with van der Waals surface area (Å²) in [5.74, 6) is 0.495. The third-order valence-corrected chi connectivity index (χ3v) is 4.66. The quantitative estimate of drug-likeness (QED) is 0.790. The smallest absolute Gasteiger partial charge is 0.149 e. The molecule has 0 N–H and O–H groups in total. The maximum Gasteiger partial charge on any atom is 0.149 e. The van der Waals surface area contributed by atoms with Crippen LogP contribution in [0.4, 0.5) is 0 Å². The Morgan fingerprint density at radius 2 is 2.06 bits per heavy atom. The molecule has 1 unspecified atom stereocenters. The van der Waals surface area contributed by atoms with Crippen LogP contribution in [0, 0.1) is 6.92 Å². The minimum absolute atomic E-state index is 0.111. The molecule has 0 bridgehead atoms. The molecule has 6 heteroatoms. The van der Waals surface area contributed by atoms with Crippen LogP contribution >= 0.6 is 27.5 Å². The van der Waals surface area contributed by atoms with Crippen molar-refractivity contribution in [3.05, 3.63) is 27.7 Å². The number of hydrogen-bond donors (Lipinski definition) is 0. The van der Waals surface area contributed by atoms with Crippen molar-refractivity contribution in [2.24, 2.45) is 0 Å². The van der Waals surface area contributed by atoms with E-state index >= 15 is 0 Å². The molecule has 17 heavy (non-hydrogen) atoms. The average molecular weight is 342 g/mol. The molecule has 1 aromatic rings. The van der Waals surface area contributed by atoms with Crippen molar-refractivity contribution >= 4 is 37.4 Å². The number of rotatable bonds is 4. The second kappa shape index (κ2) is 5.59. The van der Waals surface area contributed by atoms with Gasteiger partial charge in [-0.25, -0.2) is 8.42 Å². The van der Waals surface area contributed by atoms with Crippen LogP contribution in [0.1, 0.15) is 16.5 Å². The molecule has 3 nitrogen and oxygen atoms in total. The molecule has 0 fully saturated rings. The maximum atomic E-state index is 11.2. The van der Waals surface area contributed by atoms with E-state index in [1.54, 1.807) is 6.07 Å². The predicted octanol–water partition coefficient (Wildman–Crippen LogP) is 3.09. The van der Waals surface area contributed by atoms with Crippen molar-refractivity contribution in [1.29, 1.82) is 0 Å². The van der Waals surface area contributed by atoms with Gasteiger partial charge in [-0.05, 0) is 24.6 Å². The standard InChI is InChI=1S/C11H14BrClO3S/c1-7-4-11(16-2)8(5-9(7)12)10(13)6-17(3,14)15/h4-5,10H,6H2,1-3H3. The fourth-order valence-corrected chi connectivity index (χ4v) is 3.38. The van der Waals surface area contributed by atoms with E-state index in [0.717, 1.165) is 16.3 Å². The van der Waals surface area contributed by atoms with Gasteiger partial charge in [0.25, 0.3) is 0 Å². The summed E-state index contributed by atoms with van der Waals surface area (Å²) >= 11 is 9.51. The summed E-state index contributed by atoms with van der Waals surface area (Å²) in [6, 6.07) is 3.63. The van der Waals surface area contributed by atoms with Crippen LogP contribution in [-0.2, 0) is 9.84 Å². The summed E-state index contributed by atoms with van der Waals surface area (Å²) in [7, 11) is -1.58. The summed E-state index contributed by atoms with van der Waals surface area (Å²) in [4.78, 5) is 0. The number of aryl methyl sites for hydroxylation is 1. The number of alkyl halides is 1. The molecule has 0 aliphatic carbocycles. The fourth-order valence-electron chi connectivity index (χ4n) is 1.45. The first-order chi connectivity index (χ1) is 7.74. The zero-order chi connectivity index (χ0) is 13.2. The topological polar surface area (TPSA) is 43.4 Å². The Bertz CT molecular complexity index is 514. The van der Waals surface area contributed by atoms with Crippen molar-refractivity contribution in [2.45, 2.75) is 12.3 Å². The second-order valence-electron chi connectivity index (χ2n) is 3.90. The number of halogens is 2. The van der Waals surface area contributed by atoms with E-state index in [9.17, 15) is 8.42 Å². The number of methoxy groups -OCH3 is 1. The highest BCUT2D eigenvalue weighted by Gasteiger charge is 2.19. The molecule has 1 aromatic carbocycles. The first-order valence-corrected chi connectivity index (χ1v) is 8.19. The van der Waals surface area contributed by atoms with E-state index in [2.05, 4.69) is 15.9 Å². The summed E-state index contributed by atoms with van der Waals surface area (Å²) in [6.45, 7) is 1.93. The molecule has 1 rings (SSSR count). The van der Waals surface area contributed by atoms with Gasteiger partial charge in [-0.2, -0.15) is 0 Å². The van der Waals surface area contributed by atoms with Crippen LogP contribution in [0.2, 0.25) is 0 Å². The van der Waals surface area contributed by atoms with Gasteiger partial charge in [-0.3, -0.25) is 0 Å². The minimum atomic E-state index is -3.12. The first kappa shape index (κ1) is 14.8. The molecule has 0 saturated carbocycles. The number of benzene rings is 1. The van der Waals surface area contributed by atoms with Crippen LogP contribution in [0.3, 0.4) is 0 Å². The summed E-state index contributed by atoms with van der Waals surface area (Å²) < 4.78 is 28.6. The molecular weight excluding hydrogens is 328 g/mol. The molecule has 0 aliphatic heterocycles. The van der Waals surface area contributed by atoms with E-state index in [1.807, 2.05) is 13.0 Å². The highest BCUT2D eigenvalue weighted by Crippen LogP contribution is 2.34. The fraction of sp³-hybridized carbons (Fsp3) is 0.455.